The van der Waals surface area contributed by atoms with Gasteiger partial charge in [0.05, 0.1) is 0 Å². The van der Waals surface area contributed by atoms with Crippen LogP contribution >= 0.6 is 0 Å². The van der Waals surface area contributed by atoms with E-state index in [0.29, 0.717) is 12.8 Å². The molecule has 102 valence electrons. The van der Waals surface area contributed by atoms with Crippen LogP contribution in [0, 0.1) is 13.8 Å². The van der Waals surface area contributed by atoms with Gasteiger partial charge in [0.2, 0.25) is 0 Å². The van der Waals surface area contributed by atoms with Crippen molar-refractivity contribution >= 4 is 6.29 Å². The molecule has 0 saturated carbocycles. The molecule has 0 bridgehead atoms. The van der Waals surface area contributed by atoms with E-state index in [0.717, 1.165) is 5.57 Å². The van der Waals surface area contributed by atoms with Gasteiger partial charge in [-0.25, -0.2) is 0 Å². The van der Waals surface area contributed by atoms with Gasteiger partial charge in [-0.15, -0.1) is 0 Å². The maximum absolute atomic E-state index is 9.98. The molecule has 0 aliphatic rings. The quantitative estimate of drug-likeness (QED) is 0.126. The zero-order chi connectivity index (χ0) is 13.7. The fourth-order valence-electron chi connectivity index (χ4n) is 0.649. The molecule has 3 N–H and O–H groups in total. The fourth-order valence-corrected chi connectivity index (χ4v) is 1.96. The van der Waals surface area contributed by atoms with Crippen molar-refractivity contribution in [3.63, 3.8) is 0 Å². The Labute approximate surface area is 134 Å². The summed E-state index contributed by atoms with van der Waals surface area (Å²) in [4.78, 5) is 9.98. The molecule has 0 saturated heterocycles. The second-order valence-corrected chi connectivity index (χ2v) is 6.24. The summed E-state index contributed by atoms with van der Waals surface area (Å²) in [5.41, 5.74) is 6.50. The van der Waals surface area contributed by atoms with E-state index in [9.17, 15) is 4.79 Å². The van der Waals surface area contributed by atoms with Gasteiger partial charge < -0.3 is 19.0 Å². The second-order valence-electron chi connectivity index (χ2n) is 3.21. The van der Waals surface area contributed by atoms with Crippen LogP contribution in [0.3, 0.4) is 0 Å². The van der Waals surface area contributed by atoms with E-state index in [1.54, 1.807) is 12.4 Å². The molecule has 0 aliphatic heterocycles. The van der Waals surface area contributed by atoms with Crippen LogP contribution < -0.4 is 45.8 Å². The maximum atomic E-state index is 9.98. The van der Waals surface area contributed by atoms with Crippen LogP contribution in [0.25, 0.3) is 0 Å². The minimum Gasteiger partial charge on any atom is -0.398 e. The summed E-state index contributed by atoms with van der Waals surface area (Å²) in [5, 5.41) is 8.54. The smallest absolute Gasteiger partial charge is 0.398 e. The number of alkyl halides is 1. The fraction of sp³-hybridized carbons (Fsp3) is 0.462. The van der Waals surface area contributed by atoms with Gasteiger partial charge in [-0.1, -0.05) is 0 Å². The summed E-state index contributed by atoms with van der Waals surface area (Å²) in [6.45, 7) is 11.0. The van der Waals surface area contributed by atoms with Gasteiger partial charge in [-0.05, 0) is 6.10 Å². The zero-order valence-corrected chi connectivity index (χ0v) is 13.7. The van der Waals surface area contributed by atoms with Crippen molar-refractivity contribution in [1.82, 2.24) is 0 Å². The Balaban J connectivity index is -0.000000277. The minimum atomic E-state index is -0.287. The van der Waals surface area contributed by atoms with Crippen LogP contribution in [0.15, 0.2) is 21.4 Å². The number of rotatable bonds is 6. The molecule has 5 heteroatoms. The Morgan fingerprint density at radius 2 is 2.00 bits per heavy atom. The van der Waals surface area contributed by atoms with E-state index in [1.807, 2.05) is 6.92 Å². The molecular weight excluding hydrogens is 336 g/mol. The van der Waals surface area contributed by atoms with Crippen LogP contribution in [-0.4, -0.2) is 21.9 Å². The van der Waals surface area contributed by atoms with Gasteiger partial charge in [0.25, 0.3) is 0 Å². The standard InChI is InChI=1S/C8H12INO.C5H10O.Li/c1-3-9-5-7(2)4-8(10)6-11;1-3-5(6)4-2;/h4-5H,3,10H2,1-2H3;5-6H,1-4H2;/q2*-2;+1/b7-5-,8-4-;;. The monoisotopic (exact) mass is 358 g/mol. The second kappa shape index (κ2) is 17.2. The first-order chi connectivity index (χ1) is 8.01. The van der Waals surface area contributed by atoms with Crippen molar-refractivity contribution in [3.8, 4) is 0 Å². The molecule has 0 heterocycles. The molecule has 0 spiro atoms. The SMILES string of the molecule is CC[I-]/C=C(C)\C=C(/N)[C-]=O.[CH2-]CC(O)C[CH2-].[Li+]. The third-order valence-corrected chi connectivity index (χ3v) is 3.87. The molecule has 18 heavy (non-hydrogen) atoms. The van der Waals surface area contributed by atoms with Crippen LogP contribution in [0.2, 0.25) is 0 Å². The van der Waals surface area contributed by atoms with E-state index in [1.165, 1.54) is 4.43 Å². The first kappa shape index (κ1) is 23.3. The molecule has 0 radical (unpaired) electrons. The number of nitrogens with two attached hydrogens (primary N) is 1. The van der Waals surface area contributed by atoms with Crippen molar-refractivity contribution in [2.45, 2.75) is 32.8 Å². The molecule has 0 amide bonds. The topological polar surface area (TPSA) is 63.3 Å². The first-order valence-corrected chi connectivity index (χ1v) is 8.15. The van der Waals surface area contributed by atoms with Crippen molar-refractivity contribution < 1.29 is 50.0 Å². The zero-order valence-electron chi connectivity index (χ0n) is 11.6. The molecular formula is C13H22ILiNO2-3. The average molecular weight is 358 g/mol. The third-order valence-electron chi connectivity index (χ3n) is 1.57. The molecule has 0 atom stereocenters. The summed E-state index contributed by atoms with van der Waals surface area (Å²) >= 11 is 0.158. The van der Waals surface area contributed by atoms with Gasteiger partial charge in [-0.3, -0.25) is 0 Å². The summed E-state index contributed by atoms with van der Waals surface area (Å²) < 4.78 is 3.37. The Bertz CT molecular complexity index is 251. The largest absolute Gasteiger partial charge is 1.00 e. The van der Waals surface area contributed by atoms with E-state index in [-0.39, 0.29) is 51.9 Å². The predicted octanol–water partition coefficient (Wildman–Crippen LogP) is -4.25. The summed E-state index contributed by atoms with van der Waals surface area (Å²) in [6.07, 6.45) is 4.15. The molecule has 0 aliphatic carbocycles. The number of hydrogen-bond acceptors (Lipinski definition) is 3. The van der Waals surface area contributed by atoms with Gasteiger partial charge in [0.1, 0.15) is 0 Å². The Kier molecular flexibility index (Phi) is 22.4. The van der Waals surface area contributed by atoms with Crippen LogP contribution in [0.4, 0.5) is 0 Å². The number of aliphatic hydroxyl groups excluding tert-OH is 1. The summed E-state index contributed by atoms with van der Waals surface area (Å²) in [5.74, 6) is 0. The molecule has 0 rings (SSSR count). The molecule has 0 unspecified atom stereocenters. The van der Waals surface area contributed by atoms with E-state index >= 15 is 0 Å². The Morgan fingerprint density at radius 1 is 1.50 bits per heavy atom. The van der Waals surface area contributed by atoms with Crippen molar-refractivity contribution in [2.24, 2.45) is 5.73 Å². The molecule has 0 fully saturated rings. The average Bonchev–Trinajstić information content (AvgIpc) is 2.35. The molecule has 0 aromatic rings. The van der Waals surface area contributed by atoms with E-state index in [4.69, 9.17) is 10.8 Å². The molecule has 0 aromatic heterocycles. The van der Waals surface area contributed by atoms with Crippen molar-refractivity contribution in [2.75, 3.05) is 4.43 Å². The maximum Gasteiger partial charge on any atom is 1.00 e. The Morgan fingerprint density at radius 3 is 2.28 bits per heavy atom. The number of halogens is 1. The van der Waals surface area contributed by atoms with Gasteiger partial charge in [0, 0.05) is 0 Å². The third kappa shape index (κ3) is 18.6. The van der Waals surface area contributed by atoms with Gasteiger partial charge in [0.15, 0.2) is 0 Å². The van der Waals surface area contributed by atoms with E-state index in [2.05, 4.69) is 24.9 Å². The first-order valence-electron chi connectivity index (χ1n) is 5.38. The Hall–Kier alpha value is 0.237. The molecule has 0 aromatic carbocycles. The minimum absolute atomic E-state index is 0. The molecule has 3 nitrogen and oxygen atoms in total. The summed E-state index contributed by atoms with van der Waals surface area (Å²) in [7, 11) is 0. The van der Waals surface area contributed by atoms with Gasteiger partial charge in [-0.2, -0.15) is 12.8 Å². The number of aliphatic hydroxyl groups is 1. The number of hydrogen-bond donors (Lipinski definition) is 2. The van der Waals surface area contributed by atoms with Crippen LogP contribution in [-0.2, 0) is 4.79 Å². The number of carbonyl (C=O) groups excluding carboxylic acids is 1. The van der Waals surface area contributed by atoms with Crippen molar-refractivity contribution in [3.05, 3.63) is 35.3 Å². The van der Waals surface area contributed by atoms with Crippen LogP contribution in [0.1, 0.15) is 26.7 Å². The predicted molar refractivity (Wildman–Crippen MR) is 68.2 cm³/mol. The normalized spacial score (nSPS) is 11.7. The van der Waals surface area contributed by atoms with E-state index < -0.39 is 0 Å². The number of allylic oxidation sites excluding steroid dienone is 3. The van der Waals surface area contributed by atoms with Gasteiger partial charge >= 0.3 is 96.6 Å². The summed E-state index contributed by atoms with van der Waals surface area (Å²) in [6, 6.07) is 0. The van der Waals surface area contributed by atoms with Crippen LogP contribution in [0.5, 0.6) is 0 Å². The van der Waals surface area contributed by atoms with Crippen molar-refractivity contribution in [1.29, 1.82) is 0 Å².